The maximum Gasteiger partial charge on any atom is 0.262 e. The van der Waals surface area contributed by atoms with Crippen molar-refractivity contribution in [3.63, 3.8) is 0 Å². The van der Waals surface area contributed by atoms with Gasteiger partial charge in [-0.2, -0.15) is 0 Å². The predicted octanol–water partition coefficient (Wildman–Crippen LogP) is 0.394. The van der Waals surface area contributed by atoms with Gasteiger partial charge in [-0.3, -0.25) is 34.2 Å². The van der Waals surface area contributed by atoms with Crippen LogP contribution in [0, 0.1) is 0 Å². The molecule has 2 aliphatic heterocycles. The average Bonchev–Trinajstić information content (AvgIpc) is 2.84. The van der Waals surface area contributed by atoms with Gasteiger partial charge in [-0.25, -0.2) is 0 Å². The summed E-state index contributed by atoms with van der Waals surface area (Å²) in [4.78, 5) is 61.5. The summed E-state index contributed by atoms with van der Waals surface area (Å²) in [5, 5.41) is 4.79. The number of carbonyl (C=O) groups excluding carboxylic acids is 5. The first-order valence-corrected chi connectivity index (χ1v) is 8.08. The molecule has 0 spiro atoms. The standard InChI is InChI=1S/C18H17N3O5/c1-9(2)8-19-15(23)10-3-4-11-12(7-10)18(26)21(17(11)25)13-5-6-14(22)20-16(13)24/h3-4,7,13H,1,5-6,8H2,2H3,(H,19,23)(H,20,22,24). The van der Waals surface area contributed by atoms with Gasteiger partial charge in [-0.1, -0.05) is 12.2 Å². The summed E-state index contributed by atoms with van der Waals surface area (Å²) in [6.07, 6.45) is 0.139. The summed E-state index contributed by atoms with van der Waals surface area (Å²) < 4.78 is 0. The highest BCUT2D eigenvalue weighted by molar-refractivity contribution is 6.24. The number of nitrogens with zero attached hydrogens (tertiary/aromatic N) is 1. The Balaban J connectivity index is 1.86. The van der Waals surface area contributed by atoms with E-state index in [1.54, 1.807) is 6.92 Å². The van der Waals surface area contributed by atoms with E-state index in [0.29, 0.717) is 6.54 Å². The van der Waals surface area contributed by atoms with Crippen LogP contribution < -0.4 is 10.6 Å². The number of nitrogens with one attached hydrogen (secondary N) is 2. The van der Waals surface area contributed by atoms with Crippen LogP contribution >= 0.6 is 0 Å². The van der Waals surface area contributed by atoms with E-state index in [0.717, 1.165) is 10.5 Å². The van der Waals surface area contributed by atoms with Crippen LogP contribution in [0.1, 0.15) is 50.8 Å². The second-order valence-electron chi connectivity index (χ2n) is 6.35. The van der Waals surface area contributed by atoms with Crippen LogP contribution in [0.5, 0.6) is 0 Å². The minimum absolute atomic E-state index is 0.0539. The van der Waals surface area contributed by atoms with Gasteiger partial charge in [-0.15, -0.1) is 0 Å². The van der Waals surface area contributed by atoms with Crippen molar-refractivity contribution >= 4 is 29.5 Å². The first kappa shape index (κ1) is 17.5. The lowest BCUT2D eigenvalue weighted by molar-refractivity contribution is -0.136. The molecule has 2 heterocycles. The van der Waals surface area contributed by atoms with Gasteiger partial charge in [0.2, 0.25) is 11.8 Å². The third-order valence-electron chi connectivity index (χ3n) is 4.25. The molecular formula is C18H17N3O5. The van der Waals surface area contributed by atoms with Gasteiger partial charge in [0.15, 0.2) is 0 Å². The Labute approximate surface area is 149 Å². The summed E-state index contributed by atoms with van der Waals surface area (Å²) >= 11 is 0. The zero-order chi connectivity index (χ0) is 19.0. The largest absolute Gasteiger partial charge is 0.348 e. The van der Waals surface area contributed by atoms with E-state index in [4.69, 9.17) is 0 Å². The van der Waals surface area contributed by atoms with E-state index in [9.17, 15) is 24.0 Å². The summed E-state index contributed by atoms with van der Waals surface area (Å²) in [6.45, 7) is 5.76. The fourth-order valence-electron chi connectivity index (χ4n) is 2.95. The number of imide groups is 2. The Morgan fingerprint density at radius 3 is 2.58 bits per heavy atom. The monoisotopic (exact) mass is 355 g/mol. The first-order chi connectivity index (χ1) is 12.3. The summed E-state index contributed by atoms with van der Waals surface area (Å²) in [6, 6.07) is 3.17. The molecule has 2 N–H and O–H groups in total. The maximum absolute atomic E-state index is 12.7. The first-order valence-electron chi connectivity index (χ1n) is 8.08. The highest BCUT2D eigenvalue weighted by atomic mass is 16.2. The van der Waals surface area contributed by atoms with Crippen LogP contribution in [0.25, 0.3) is 0 Å². The number of hydrogen-bond donors (Lipinski definition) is 2. The average molecular weight is 355 g/mol. The van der Waals surface area contributed by atoms with Crippen LogP contribution in [0.15, 0.2) is 30.4 Å². The minimum Gasteiger partial charge on any atom is -0.348 e. The molecule has 0 aliphatic carbocycles. The smallest absolute Gasteiger partial charge is 0.262 e. The van der Waals surface area contributed by atoms with Gasteiger partial charge >= 0.3 is 0 Å². The molecule has 1 aromatic carbocycles. The van der Waals surface area contributed by atoms with Crippen molar-refractivity contribution in [3.05, 3.63) is 47.0 Å². The number of rotatable bonds is 4. The molecule has 8 nitrogen and oxygen atoms in total. The fraction of sp³-hybridized carbons (Fsp3) is 0.278. The van der Waals surface area contributed by atoms with Crippen LogP contribution in [0.2, 0.25) is 0 Å². The van der Waals surface area contributed by atoms with Crippen molar-refractivity contribution in [3.8, 4) is 0 Å². The molecule has 0 radical (unpaired) electrons. The lowest BCUT2D eigenvalue weighted by Gasteiger charge is -2.27. The van der Waals surface area contributed by atoms with Crippen molar-refractivity contribution in [1.29, 1.82) is 0 Å². The van der Waals surface area contributed by atoms with Gasteiger partial charge in [-0.05, 0) is 31.5 Å². The molecule has 1 atom stereocenters. The fourth-order valence-corrected chi connectivity index (χ4v) is 2.95. The predicted molar refractivity (Wildman–Crippen MR) is 90.3 cm³/mol. The molecule has 0 saturated carbocycles. The number of amides is 5. The summed E-state index contributed by atoms with van der Waals surface area (Å²) in [7, 11) is 0. The van der Waals surface area contributed by atoms with Gasteiger partial charge in [0, 0.05) is 18.5 Å². The van der Waals surface area contributed by atoms with Crippen LogP contribution in [-0.2, 0) is 9.59 Å². The van der Waals surface area contributed by atoms with Crippen molar-refractivity contribution < 1.29 is 24.0 Å². The molecule has 8 heteroatoms. The number of fused-ring (bicyclic) bond motifs is 1. The Morgan fingerprint density at radius 2 is 1.92 bits per heavy atom. The molecule has 1 unspecified atom stereocenters. The molecule has 5 amide bonds. The van der Waals surface area contributed by atoms with Crippen LogP contribution in [0.4, 0.5) is 0 Å². The lowest BCUT2D eigenvalue weighted by Crippen LogP contribution is -2.54. The van der Waals surface area contributed by atoms with E-state index >= 15 is 0 Å². The Morgan fingerprint density at radius 1 is 1.23 bits per heavy atom. The maximum atomic E-state index is 12.7. The van der Waals surface area contributed by atoms with Crippen molar-refractivity contribution in [2.75, 3.05) is 6.54 Å². The second-order valence-corrected chi connectivity index (χ2v) is 6.35. The normalized spacial score (nSPS) is 19.3. The number of hydrogen-bond acceptors (Lipinski definition) is 5. The SMILES string of the molecule is C=C(C)CNC(=O)c1ccc2c(c1)C(=O)N(C1CCC(=O)NC1=O)C2=O. The van der Waals surface area contributed by atoms with E-state index < -0.39 is 35.6 Å². The molecule has 134 valence electrons. The zero-order valence-corrected chi connectivity index (χ0v) is 14.1. The molecule has 3 rings (SSSR count). The highest BCUT2D eigenvalue weighted by Gasteiger charge is 2.44. The number of benzene rings is 1. The molecule has 1 aromatic rings. The second kappa shape index (κ2) is 6.55. The minimum atomic E-state index is -1.03. The molecule has 1 fully saturated rings. The number of carbonyl (C=O) groups is 5. The Kier molecular flexibility index (Phi) is 4.41. The van der Waals surface area contributed by atoms with Gasteiger partial charge < -0.3 is 5.32 Å². The summed E-state index contributed by atoms with van der Waals surface area (Å²) in [5.74, 6) is -2.74. The lowest BCUT2D eigenvalue weighted by atomic mass is 10.0. The van der Waals surface area contributed by atoms with Gasteiger partial charge in [0.25, 0.3) is 17.7 Å². The van der Waals surface area contributed by atoms with Crippen LogP contribution in [-0.4, -0.2) is 47.0 Å². The van der Waals surface area contributed by atoms with E-state index in [2.05, 4.69) is 17.2 Å². The van der Waals surface area contributed by atoms with E-state index in [1.165, 1.54) is 18.2 Å². The third-order valence-corrected chi connectivity index (χ3v) is 4.25. The zero-order valence-electron chi connectivity index (χ0n) is 14.1. The topological polar surface area (TPSA) is 113 Å². The van der Waals surface area contributed by atoms with Crippen molar-refractivity contribution in [2.24, 2.45) is 0 Å². The molecule has 2 aliphatic rings. The van der Waals surface area contributed by atoms with Crippen molar-refractivity contribution in [1.82, 2.24) is 15.5 Å². The Bertz CT molecular complexity index is 874. The molecular weight excluding hydrogens is 338 g/mol. The van der Waals surface area contributed by atoms with Gasteiger partial charge in [0.1, 0.15) is 6.04 Å². The van der Waals surface area contributed by atoms with Crippen molar-refractivity contribution in [2.45, 2.75) is 25.8 Å². The molecule has 0 aromatic heterocycles. The molecule has 1 saturated heterocycles. The summed E-state index contributed by atoms with van der Waals surface area (Å²) in [5.41, 5.74) is 1.21. The van der Waals surface area contributed by atoms with Gasteiger partial charge in [0.05, 0.1) is 11.1 Å². The Hall–Kier alpha value is -3.29. The number of piperidine rings is 1. The molecule has 26 heavy (non-hydrogen) atoms. The van der Waals surface area contributed by atoms with E-state index in [1.807, 2.05) is 0 Å². The molecule has 0 bridgehead atoms. The van der Waals surface area contributed by atoms with E-state index in [-0.39, 0.29) is 29.5 Å². The third kappa shape index (κ3) is 3.01. The van der Waals surface area contributed by atoms with Crippen LogP contribution in [0.3, 0.4) is 0 Å². The quantitative estimate of drug-likeness (QED) is 0.599. The highest BCUT2D eigenvalue weighted by Crippen LogP contribution is 2.28.